The Morgan fingerprint density at radius 2 is 1.95 bits per heavy atom. The summed E-state index contributed by atoms with van der Waals surface area (Å²) in [5.41, 5.74) is 1.39. The van der Waals surface area contributed by atoms with Gasteiger partial charge in [0.05, 0.1) is 6.61 Å². The summed E-state index contributed by atoms with van der Waals surface area (Å²) < 4.78 is 5.80. The highest BCUT2D eigenvalue weighted by Crippen LogP contribution is 2.37. The molecule has 1 aliphatic rings. The highest BCUT2D eigenvalue weighted by Gasteiger charge is 2.26. The Hall–Kier alpha value is -1.02. The Labute approximate surface area is 130 Å². The van der Waals surface area contributed by atoms with Gasteiger partial charge >= 0.3 is 0 Å². The Kier molecular flexibility index (Phi) is 6.56. The van der Waals surface area contributed by atoms with Crippen LogP contribution in [-0.4, -0.2) is 13.2 Å². The fourth-order valence-corrected chi connectivity index (χ4v) is 3.41. The van der Waals surface area contributed by atoms with Crippen LogP contribution in [0.25, 0.3) is 0 Å². The van der Waals surface area contributed by atoms with E-state index in [0.717, 1.165) is 37.2 Å². The van der Waals surface area contributed by atoms with E-state index in [1.807, 2.05) is 0 Å². The van der Waals surface area contributed by atoms with Gasteiger partial charge in [-0.1, -0.05) is 45.7 Å². The first-order valence-electron chi connectivity index (χ1n) is 8.70. The number of benzene rings is 1. The molecule has 0 saturated heterocycles. The molecule has 21 heavy (non-hydrogen) atoms. The van der Waals surface area contributed by atoms with E-state index in [1.54, 1.807) is 0 Å². The summed E-state index contributed by atoms with van der Waals surface area (Å²) in [4.78, 5) is 0. The average Bonchev–Trinajstić information content (AvgIpc) is 2.52. The van der Waals surface area contributed by atoms with Crippen LogP contribution in [0.15, 0.2) is 24.3 Å². The number of hydrogen-bond acceptors (Lipinski definition) is 2. The lowest BCUT2D eigenvalue weighted by Crippen LogP contribution is -2.30. The first-order chi connectivity index (χ1) is 10.2. The molecule has 0 spiro atoms. The van der Waals surface area contributed by atoms with E-state index < -0.39 is 0 Å². The van der Waals surface area contributed by atoms with Gasteiger partial charge in [0.2, 0.25) is 0 Å². The number of hydrogen-bond donors (Lipinski definition) is 1. The molecule has 0 bridgehead atoms. The van der Waals surface area contributed by atoms with Crippen LogP contribution < -0.4 is 10.1 Å². The highest BCUT2D eigenvalue weighted by atomic mass is 16.5. The molecule has 0 aromatic heterocycles. The quantitative estimate of drug-likeness (QED) is 0.766. The van der Waals surface area contributed by atoms with Crippen molar-refractivity contribution in [2.45, 2.75) is 58.9 Å². The smallest absolute Gasteiger partial charge is 0.119 e. The Bertz CT molecular complexity index is 410. The normalized spacial score (nSPS) is 23.8. The molecule has 0 amide bonds. The molecule has 1 unspecified atom stereocenters. The summed E-state index contributed by atoms with van der Waals surface area (Å²) in [5, 5.41) is 3.71. The number of rotatable bonds is 7. The summed E-state index contributed by atoms with van der Waals surface area (Å²) in [6.07, 6.45) is 6.50. The topological polar surface area (TPSA) is 21.3 Å². The molecule has 1 fully saturated rings. The van der Waals surface area contributed by atoms with Crippen LogP contribution in [0.4, 0.5) is 0 Å². The lowest BCUT2D eigenvalue weighted by Gasteiger charge is -2.33. The van der Waals surface area contributed by atoms with Gasteiger partial charge in [-0.3, -0.25) is 0 Å². The van der Waals surface area contributed by atoms with Gasteiger partial charge in [0.25, 0.3) is 0 Å². The second-order valence-corrected chi connectivity index (χ2v) is 6.48. The minimum atomic E-state index is 0.479. The van der Waals surface area contributed by atoms with E-state index in [9.17, 15) is 0 Å². The van der Waals surface area contributed by atoms with Crippen molar-refractivity contribution in [3.63, 3.8) is 0 Å². The summed E-state index contributed by atoms with van der Waals surface area (Å²) >= 11 is 0. The van der Waals surface area contributed by atoms with Gasteiger partial charge in [0.15, 0.2) is 0 Å². The molecule has 1 aromatic carbocycles. The van der Waals surface area contributed by atoms with Gasteiger partial charge < -0.3 is 10.1 Å². The lowest BCUT2D eigenvalue weighted by molar-refractivity contribution is 0.232. The number of nitrogens with one attached hydrogen (secondary N) is 1. The van der Waals surface area contributed by atoms with E-state index in [-0.39, 0.29) is 0 Å². The van der Waals surface area contributed by atoms with Gasteiger partial charge in [-0.25, -0.2) is 0 Å². The maximum Gasteiger partial charge on any atom is 0.119 e. The first-order valence-corrected chi connectivity index (χ1v) is 8.70. The maximum absolute atomic E-state index is 5.80. The van der Waals surface area contributed by atoms with Crippen LogP contribution in [-0.2, 0) is 0 Å². The molecule has 2 heteroatoms. The minimum absolute atomic E-state index is 0.479. The van der Waals surface area contributed by atoms with Crippen molar-refractivity contribution in [3.05, 3.63) is 29.8 Å². The fraction of sp³-hybridized carbons (Fsp3) is 0.684. The highest BCUT2D eigenvalue weighted by molar-refractivity contribution is 5.31. The monoisotopic (exact) mass is 289 g/mol. The minimum Gasteiger partial charge on any atom is -0.494 e. The van der Waals surface area contributed by atoms with Crippen molar-refractivity contribution in [2.24, 2.45) is 11.8 Å². The van der Waals surface area contributed by atoms with Crippen LogP contribution in [0.5, 0.6) is 5.75 Å². The van der Waals surface area contributed by atoms with E-state index in [2.05, 4.69) is 50.4 Å². The predicted octanol–water partition coefficient (Wildman–Crippen LogP) is 4.95. The summed E-state index contributed by atoms with van der Waals surface area (Å²) in [6, 6.07) is 9.18. The van der Waals surface area contributed by atoms with Crippen LogP contribution in [0.1, 0.15) is 64.5 Å². The summed E-state index contributed by atoms with van der Waals surface area (Å²) in [7, 11) is 0. The molecular weight excluding hydrogens is 258 g/mol. The zero-order valence-electron chi connectivity index (χ0n) is 13.9. The zero-order chi connectivity index (χ0) is 15.1. The molecule has 2 nitrogen and oxygen atoms in total. The summed E-state index contributed by atoms with van der Waals surface area (Å²) in [5.74, 6) is 2.69. The Morgan fingerprint density at radius 3 is 2.62 bits per heavy atom. The van der Waals surface area contributed by atoms with Gasteiger partial charge in [0.1, 0.15) is 5.75 Å². The standard InChI is InChI=1S/C19H31NO/c1-4-13-21-18-8-6-7-17(14-18)19(20-5-2)16-11-9-15(3)10-12-16/h6-8,14-16,19-20H,4-5,9-13H2,1-3H3. The van der Waals surface area contributed by atoms with Crippen LogP contribution >= 0.6 is 0 Å². The molecule has 1 saturated carbocycles. The first kappa shape index (κ1) is 16.4. The van der Waals surface area contributed by atoms with Crippen molar-refractivity contribution >= 4 is 0 Å². The predicted molar refractivity (Wildman–Crippen MR) is 89.8 cm³/mol. The zero-order valence-corrected chi connectivity index (χ0v) is 13.9. The SMILES string of the molecule is CCCOc1cccc(C(NCC)C2CCC(C)CC2)c1. The molecule has 1 N–H and O–H groups in total. The number of ether oxygens (including phenoxy) is 1. The molecule has 118 valence electrons. The van der Waals surface area contributed by atoms with Crippen LogP contribution in [0.3, 0.4) is 0 Å². The van der Waals surface area contributed by atoms with E-state index in [0.29, 0.717) is 6.04 Å². The maximum atomic E-state index is 5.80. The van der Waals surface area contributed by atoms with E-state index >= 15 is 0 Å². The molecule has 1 atom stereocenters. The van der Waals surface area contributed by atoms with Crippen LogP contribution in [0.2, 0.25) is 0 Å². The van der Waals surface area contributed by atoms with Crippen molar-refractivity contribution in [3.8, 4) is 5.75 Å². The Morgan fingerprint density at radius 1 is 1.19 bits per heavy atom. The third-order valence-electron chi connectivity index (χ3n) is 4.65. The van der Waals surface area contributed by atoms with Crippen molar-refractivity contribution in [1.29, 1.82) is 0 Å². The molecule has 1 aromatic rings. The Balaban J connectivity index is 2.09. The molecule has 0 radical (unpaired) electrons. The largest absolute Gasteiger partial charge is 0.494 e. The average molecular weight is 289 g/mol. The van der Waals surface area contributed by atoms with E-state index in [4.69, 9.17) is 4.74 Å². The van der Waals surface area contributed by atoms with Gasteiger partial charge in [-0.15, -0.1) is 0 Å². The van der Waals surface area contributed by atoms with Gasteiger partial charge in [-0.2, -0.15) is 0 Å². The van der Waals surface area contributed by atoms with Crippen molar-refractivity contribution in [1.82, 2.24) is 5.32 Å². The molecule has 0 heterocycles. The van der Waals surface area contributed by atoms with Crippen LogP contribution in [0, 0.1) is 11.8 Å². The lowest BCUT2D eigenvalue weighted by atomic mass is 9.77. The fourth-order valence-electron chi connectivity index (χ4n) is 3.41. The van der Waals surface area contributed by atoms with Gasteiger partial charge in [-0.05, 0) is 55.3 Å². The van der Waals surface area contributed by atoms with Crippen molar-refractivity contribution in [2.75, 3.05) is 13.2 Å². The molecule has 0 aliphatic heterocycles. The van der Waals surface area contributed by atoms with Gasteiger partial charge in [0, 0.05) is 6.04 Å². The second kappa shape index (κ2) is 8.43. The van der Waals surface area contributed by atoms with Crippen molar-refractivity contribution < 1.29 is 4.74 Å². The summed E-state index contributed by atoms with van der Waals surface area (Å²) in [6.45, 7) is 8.56. The second-order valence-electron chi connectivity index (χ2n) is 6.48. The molecule has 2 rings (SSSR count). The molecular formula is C19H31NO. The third kappa shape index (κ3) is 4.74. The van der Waals surface area contributed by atoms with E-state index in [1.165, 1.54) is 31.2 Å². The third-order valence-corrected chi connectivity index (χ3v) is 4.65. The molecule has 1 aliphatic carbocycles.